The van der Waals surface area contributed by atoms with Crippen molar-refractivity contribution in [2.45, 2.75) is 0 Å². The van der Waals surface area contributed by atoms with E-state index in [9.17, 15) is 4.79 Å². The van der Waals surface area contributed by atoms with Gasteiger partial charge in [0.25, 0.3) is 5.91 Å². The molecular weight excluding hydrogens is 322 g/mol. The zero-order chi connectivity index (χ0) is 14.5. The largest absolute Gasteiger partial charge is 0.496 e. The quantitative estimate of drug-likeness (QED) is 0.938. The highest BCUT2D eigenvalue weighted by Gasteiger charge is 2.08. The van der Waals surface area contributed by atoms with E-state index in [-0.39, 0.29) is 11.6 Å². The first-order valence-corrected chi connectivity index (χ1v) is 6.44. The van der Waals surface area contributed by atoms with Gasteiger partial charge in [-0.1, -0.05) is 0 Å². The third-order valence-electron chi connectivity index (χ3n) is 2.55. The van der Waals surface area contributed by atoms with Crippen LogP contribution < -0.4 is 10.1 Å². The molecular formula is C14H10BrN3O2. The van der Waals surface area contributed by atoms with Gasteiger partial charge in [0.1, 0.15) is 17.5 Å². The second-order valence-electron chi connectivity index (χ2n) is 3.85. The van der Waals surface area contributed by atoms with E-state index in [1.54, 1.807) is 31.4 Å². The van der Waals surface area contributed by atoms with Crippen LogP contribution in [0.3, 0.4) is 0 Å². The Kier molecular flexibility index (Phi) is 4.33. The second-order valence-corrected chi connectivity index (χ2v) is 4.70. The minimum Gasteiger partial charge on any atom is -0.496 e. The molecule has 0 aliphatic carbocycles. The predicted octanol–water partition coefficient (Wildman–Crippen LogP) is 2.98. The van der Waals surface area contributed by atoms with Gasteiger partial charge in [-0.05, 0) is 46.3 Å². The van der Waals surface area contributed by atoms with E-state index in [1.807, 2.05) is 6.07 Å². The van der Waals surface area contributed by atoms with E-state index in [1.165, 1.54) is 12.3 Å². The smallest absolute Gasteiger partial charge is 0.257 e. The number of hydrogen-bond donors (Lipinski definition) is 1. The number of pyridine rings is 1. The van der Waals surface area contributed by atoms with Crippen molar-refractivity contribution in [3.8, 4) is 11.8 Å². The van der Waals surface area contributed by atoms with Gasteiger partial charge in [-0.3, -0.25) is 4.79 Å². The Morgan fingerprint density at radius 1 is 1.40 bits per heavy atom. The fourth-order valence-electron chi connectivity index (χ4n) is 1.54. The van der Waals surface area contributed by atoms with Crippen LogP contribution in [-0.4, -0.2) is 18.0 Å². The molecule has 20 heavy (non-hydrogen) atoms. The first kappa shape index (κ1) is 14.0. The number of hydrogen-bond acceptors (Lipinski definition) is 4. The molecule has 0 bridgehead atoms. The number of carbonyl (C=O) groups excluding carboxylic acids is 1. The second kappa shape index (κ2) is 6.17. The summed E-state index contributed by atoms with van der Waals surface area (Å²) < 4.78 is 5.86. The Balaban J connectivity index is 2.14. The molecule has 1 heterocycles. The van der Waals surface area contributed by atoms with E-state index < -0.39 is 0 Å². The van der Waals surface area contributed by atoms with Crippen molar-refractivity contribution < 1.29 is 9.53 Å². The zero-order valence-corrected chi connectivity index (χ0v) is 12.1. The van der Waals surface area contributed by atoms with Gasteiger partial charge in [0.15, 0.2) is 0 Å². The molecule has 0 aliphatic heterocycles. The van der Waals surface area contributed by atoms with Crippen molar-refractivity contribution in [2.24, 2.45) is 0 Å². The number of halogens is 1. The number of ether oxygens (including phenoxy) is 1. The summed E-state index contributed by atoms with van der Waals surface area (Å²) in [6, 6.07) is 10.2. The number of nitriles is 1. The van der Waals surface area contributed by atoms with Crippen LogP contribution in [0.25, 0.3) is 0 Å². The van der Waals surface area contributed by atoms with Gasteiger partial charge in [0.2, 0.25) is 0 Å². The third-order valence-corrected chi connectivity index (χ3v) is 3.17. The SMILES string of the molecule is COc1ccc(NC(=O)c2ccc(C#N)nc2)cc1Br. The molecule has 6 heteroatoms. The average molecular weight is 332 g/mol. The lowest BCUT2D eigenvalue weighted by Gasteiger charge is -2.08. The monoisotopic (exact) mass is 331 g/mol. The van der Waals surface area contributed by atoms with Crippen LogP contribution >= 0.6 is 15.9 Å². The lowest BCUT2D eigenvalue weighted by molar-refractivity contribution is 0.102. The topological polar surface area (TPSA) is 75.0 Å². The van der Waals surface area contributed by atoms with Crippen molar-refractivity contribution in [3.63, 3.8) is 0 Å². The molecule has 2 rings (SSSR count). The van der Waals surface area contributed by atoms with Crippen molar-refractivity contribution in [1.29, 1.82) is 5.26 Å². The summed E-state index contributed by atoms with van der Waals surface area (Å²) in [6.07, 6.45) is 1.37. The minimum atomic E-state index is -0.293. The van der Waals surface area contributed by atoms with Crippen molar-refractivity contribution >= 4 is 27.5 Å². The van der Waals surface area contributed by atoms with Crippen LogP contribution in [0.5, 0.6) is 5.75 Å². The van der Waals surface area contributed by atoms with Gasteiger partial charge in [-0.25, -0.2) is 4.98 Å². The number of amides is 1. The Labute approximate surface area is 124 Å². The van der Waals surface area contributed by atoms with Gasteiger partial charge in [-0.15, -0.1) is 0 Å². The molecule has 1 aromatic carbocycles. The molecule has 0 radical (unpaired) electrons. The lowest BCUT2D eigenvalue weighted by Crippen LogP contribution is -2.12. The lowest BCUT2D eigenvalue weighted by atomic mass is 10.2. The number of methoxy groups -OCH3 is 1. The molecule has 0 atom stereocenters. The predicted molar refractivity (Wildman–Crippen MR) is 77.6 cm³/mol. The zero-order valence-electron chi connectivity index (χ0n) is 10.6. The Hall–Kier alpha value is -2.39. The van der Waals surface area contributed by atoms with E-state index in [0.29, 0.717) is 17.0 Å². The van der Waals surface area contributed by atoms with Gasteiger partial charge in [0, 0.05) is 11.9 Å². The molecule has 5 nitrogen and oxygen atoms in total. The number of anilines is 1. The first-order valence-electron chi connectivity index (χ1n) is 5.65. The number of aromatic nitrogens is 1. The summed E-state index contributed by atoms with van der Waals surface area (Å²) in [6.45, 7) is 0. The highest BCUT2D eigenvalue weighted by Crippen LogP contribution is 2.27. The number of rotatable bonds is 3. The van der Waals surface area contributed by atoms with Crippen LogP contribution in [0.2, 0.25) is 0 Å². The Morgan fingerprint density at radius 2 is 2.20 bits per heavy atom. The molecule has 1 N–H and O–H groups in total. The van der Waals surface area contributed by atoms with Gasteiger partial charge >= 0.3 is 0 Å². The highest BCUT2D eigenvalue weighted by atomic mass is 79.9. The summed E-state index contributed by atoms with van der Waals surface area (Å²) >= 11 is 3.35. The number of carbonyl (C=O) groups is 1. The first-order chi connectivity index (χ1) is 9.63. The van der Waals surface area contributed by atoms with Gasteiger partial charge in [0.05, 0.1) is 17.1 Å². The molecule has 2 aromatic rings. The summed E-state index contributed by atoms with van der Waals surface area (Å²) in [7, 11) is 1.57. The van der Waals surface area contributed by atoms with Crippen molar-refractivity contribution in [2.75, 3.05) is 12.4 Å². The maximum absolute atomic E-state index is 12.0. The minimum absolute atomic E-state index is 0.272. The summed E-state index contributed by atoms with van der Waals surface area (Å²) in [5, 5.41) is 11.4. The normalized spacial score (nSPS) is 9.65. The summed E-state index contributed by atoms with van der Waals surface area (Å²) in [5.74, 6) is 0.391. The van der Waals surface area contributed by atoms with Crippen LogP contribution in [0.1, 0.15) is 16.1 Å². The summed E-state index contributed by atoms with van der Waals surface area (Å²) in [5.41, 5.74) is 1.29. The van der Waals surface area contributed by atoms with E-state index in [2.05, 4.69) is 26.2 Å². The number of benzene rings is 1. The van der Waals surface area contributed by atoms with Gasteiger partial charge < -0.3 is 10.1 Å². The molecule has 1 aromatic heterocycles. The van der Waals surface area contributed by atoms with Crippen molar-refractivity contribution in [1.82, 2.24) is 4.98 Å². The van der Waals surface area contributed by atoms with E-state index >= 15 is 0 Å². The Morgan fingerprint density at radius 3 is 2.75 bits per heavy atom. The van der Waals surface area contributed by atoms with Crippen LogP contribution in [0.4, 0.5) is 5.69 Å². The summed E-state index contributed by atoms with van der Waals surface area (Å²) in [4.78, 5) is 15.9. The van der Waals surface area contributed by atoms with Crippen LogP contribution in [0, 0.1) is 11.3 Å². The molecule has 0 unspecified atom stereocenters. The third kappa shape index (κ3) is 3.13. The highest BCUT2D eigenvalue weighted by molar-refractivity contribution is 9.10. The van der Waals surface area contributed by atoms with Crippen molar-refractivity contribution in [3.05, 3.63) is 52.3 Å². The van der Waals surface area contributed by atoms with Crippen LogP contribution in [-0.2, 0) is 0 Å². The van der Waals surface area contributed by atoms with Gasteiger partial charge in [-0.2, -0.15) is 5.26 Å². The fraction of sp³-hybridized carbons (Fsp3) is 0.0714. The number of nitrogens with one attached hydrogen (secondary N) is 1. The maximum atomic E-state index is 12.0. The molecule has 0 fully saturated rings. The Bertz CT molecular complexity index is 678. The number of nitrogens with zero attached hydrogens (tertiary/aromatic N) is 2. The molecule has 0 aliphatic rings. The standard InChI is InChI=1S/C14H10BrN3O2/c1-20-13-5-4-10(6-12(13)15)18-14(19)9-2-3-11(7-16)17-8-9/h2-6,8H,1H3,(H,18,19). The fourth-order valence-corrected chi connectivity index (χ4v) is 2.08. The molecule has 0 saturated heterocycles. The van der Waals surface area contributed by atoms with E-state index in [4.69, 9.17) is 10.00 Å². The van der Waals surface area contributed by atoms with E-state index in [0.717, 1.165) is 4.47 Å². The molecule has 100 valence electrons. The maximum Gasteiger partial charge on any atom is 0.257 e. The van der Waals surface area contributed by atoms with Crippen LogP contribution in [0.15, 0.2) is 41.0 Å². The molecule has 0 saturated carbocycles. The molecule has 1 amide bonds. The average Bonchev–Trinajstić information content (AvgIpc) is 2.47. The molecule has 0 spiro atoms.